The highest BCUT2D eigenvalue weighted by Gasteiger charge is 2.37. The van der Waals surface area contributed by atoms with Gasteiger partial charge < -0.3 is 16.0 Å². The zero-order valence-corrected chi connectivity index (χ0v) is 15.0. The van der Waals surface area contributed by atoms with Gasteiger partial charge in [-0.3, -0.25) is 9.59 Å². The maximum Gasteiger partial charge on any atom is 0.253 e. The summed E-state index contributed by atoms with van der Waals surface area (Å²) < 4.78 is 0. The Balaban J connectivity index is 2.03. The highest BCUT2D eigenvalue weighted by molar-refractivity contribution is 5.96. The number of anilines is 1. The predicted molar refractivity (Wildman–Crippen MR) is 96.9 cm³/mol. The van der Waals surface area contributed by atoms with E-state index < -0.39 is 5.54 Å². The van der Waals surface area contributed by atoms with Gasteiger partial charge in [-0.25, -0.2) is 0 Å². The van der Waals surface area contributed by atoms with Gasteiger partial charge in [-0.15, -0.1) is 0 Å². The Hall–Kier alpha value is -1.88. The molecule has 2 unspecified atom stereocenters. The molecule has 2 amide bonds. The van der Waals surface area contributed by atoms with Crippen molar-refractivity contribution < 1.29 is 9.59 Å². The summed E-state index contributed by atoms with van der Waals surface area (Å²) >= 11 is 0. The molecule has 3 N–H and O–H groups in total. The summed E-state index contributed by atoms with van der Waals surface area (Å²) in [4.78, 5) is 26.6. The number of carbonyl (C=O) groups is 2. The molecule has 0 saturated heterocycles. The third-order valence-corrected chi connectivity index (χ3v) is 5.02. The van der Waals surface area contributed by atoms with E-state index >= 15 is 0 Å². The van der Waals surface area contributed by atoms with Crippen molar-refractivity contribution >= 4 is 17.5 Å². The van der Waals surface area contributed by atoms with E-state index in [0.717, 1.165) is 25.7 Å². The molecule has 5 heteroatoms. The van der Waals surface area contributed by atoms with E-state index in [2.05, 4.69) is 5.32 Å². The number of hydrogen-bond acceptors (Lipinski definition) is 3. The summed E-state index contributed by atoms with van der Waals surface area (Å²) in [5.74, 6) is -0.176. The second-order valence-electron chi connectivity index (χ2n) is 6.85. The minimum absolute atomic E-state index is 0.0136. The van der Waals surface area contributed by atoms with Crippen LogP contribution in [0.25, 0.3) is 0 Å². The van der Waals surface area contributed by atoms with E-state index in [9.17, 15) is 9.59 Å². The van der Waals surface area contributed by atoms with Crippen molar-refractivity contribution in [2.75, 3.05) is 18.4 Å². The number of amides is 2. The van der Waals surface area contributed by atoms with Gasteiger partial charge in [0, 0.05) is 29.9 Å². The Morgan fingerprint density at radius 3 is 2.38 bits per heavy atom. The number of carbonyl (C=O) groups excluding carboxylic acids is 2. The van der Waals surface area contributed by atoms with Gasteiger partial charge >= 0.3 is 0 Å². The fourth-order valence-electron chi connectivity index (χ4n) is 3.41. The van der Waals surface area contributed by atoms with Crippen molar-refractivity contribution in [2.45, 2.75) is 52.0 Å². The van der Waals surface area contributed by atoms with Gasteiger partial charge in [-0.1, -0.05) is 12.8 Å². The third-order valence-electron chi connectivity index (χ3n) is 5.02. The molecule has 1 saturated carbocycles. The molecule has 2 rings (SSSR count). The van der Waals surface area contributed by atoms with Crippen LogP contribution in [0.5, 0.6) is 0 Å². The van der Waals surface area contributed by atoms with E-state index in [4.69, 9.17) is 5.73 Å². The Bertz CT molecular complexity index is 577. The van der Waals surface area contributed by atoms with Crippen molar-refractivity contribution in [3.8, 4) is 0 Å². The molecule has 0 aromatic heterocycles. The second-order valence-corrected chi connectivity index (χ2v) is 6.85. The monoisotopic (exact) mass is 331 g/mol. The fourth-order valence-corrected chi connectivity index (χ4v) is 3.41. The zero-order valence-electron chi connectivity index (χ0n) is 15.0. The van der Waals surface area contributed by atoms with Crippen LogP contribution in [0, 0.1) is 5.92 Å². The largest absolute Gasteiger partial charge is 0.339 e. The van der Waals surface area contributed by atoms with Crippen LogP contribution >= 0.6 is 0 Å². The molecule has 0 heterocycles. The first-order valence-corrected chi connectivity index (χ1v) is 8.88. The number of rotatable bonds is 5. The summed E-state index contributed by atoms with van der Waals surface area (Å²) in [5.41, 5.74) is 7.19. The second kappa shape index (κ2) is 7.79. The van der Waals surface area contributed by atoms with Crippen molar-refractivity contribution in [3.63, 3.8) is 0 Å². The number of benzene rings is 1. The average Bonchev–Trinajstić information content (AvgIpc) is 2.56. The lowest BCUT2D eigenvalue weighted by Crippen LogP contribution is -2.51. The first kappa shape index (κ1) is 18.5. The smallest absolute Gasteiger partial charge is 0.253 e. The first-order chi connectivity index (χ1) is 11.4. The first-order valence-electron chi connectivity index (χ1n) is 8.88. The molecule has 1 aliphatic rings. The number of nitrogens with zero attached hydrogens (tertiary/aromatic N) is 1. The van der Waals surface area contributed by atoms with Crippen LogP contribution in [0.1, 0.15) is 56.8 Å². The number of nitrogens with one attached hydrogen (secondary N) is 1. The molecule has 0 spiro atoms. The summed E-state index contributed by atoms with van der Waals surface area (Å²) in [6.45, 7) is 7.26. The van der Waals surface area contributed by atoms with E-state index in [0.29, 0.717) is 24.3 Å². The van der Waals surface area contributed by atoms with Gasteiger partial charge in [-0.2, -0.15) is 0 Å². The van der Waals surface area contributed by atoms with Gasteiger partial charge in [0.1, 0.15) is 0 Å². The van der Waals surface area contributed by atoms with Gasteiger partial charge in [0.05, 0.1) is 5.92 Å². The van der Waals surface area contributed by atoms with Crippen LogP contribution in [0.3, 0.4) is 0 Å². The van der Waals surface area contributed by atoms with Gasteiger partial charge in [0.15, 0.2) is 0 Å². The molecular formula is C19H29N3O2. The van der Waals surface area contributed by atoms with Crippen LogP contribution in [0.15, 0.2) is 24.3 Å². The lowest BCUT2D eigenvalue weighted by atomic mass is 9.74. The molecule has 0 aliphatic heterocycles. The summed E-state index contributed by atoms with van der Waals surface area (Å²) in [7, 11) is 0. The molecule has 24 heavy (non-hydrogen) atoms. The zero-order chi connectivity index (χ0) is 17.7. The van der Waals surface area contributed by atoms with Gasteiger partial charge in [0.2, 0.25) is 5.91 Å². The highest BCUT2D eigenvalue weighted by atomic mass is 16.2. The van der Waals surface area contributed by atoms with E-state index in [1.807, 2.05) is 20.8 Å². The summed E-state index contributed by atoms with van der Waals surface area (Å²) in [6, 6.07) is 7.09. The lowest BCUT2D eigenvalue weighted by Gasteiger charge is -2.37. The van der Waals surface area contributed by atoms with Crippen LogP contribution in [0.4, 0.5) is 5.69 Å². The molecule has 0 bridgehead atoms. The van der Waals surface area contributed by atoms with Crippen molar-refractivity contribution in [1.29, 1.82) is 0 Å². The Morgan fingerprint density at radius 2 is 1.83 bits per heavy atom. The third kappa shape index (κ3) is 4.15. The Kier molecular flexibility index (Phi) is 5.99. The van der Waals surface area contributed by atoms with Crippen molar-refractivity contribution in [2.24, 2.45) is 11.7 Å². The SMILES string of the molecule is CCN(CC)C(=O)c1ccc(NC(=O)C2CCCCC2(C)N)cc1. The topological polar surface area (TPSA) is 75.4 Å². The molecule has 132 valence electrons. The Labute approximate surface area is 144 Å². The minimum Gasteiger partial charge on any atom is -0.339 e. The maximum atomic E-state index is 12.5. The predicted octanol–water partition coefficient (Wildman–Crippen LogP) is 3.01. The molecule has 1 aliphatic carbocycles. The standard InChI is InChI=1S/C19H29N3O2/c1-4-22(5-2)18(24)14-9-11-15(12-10-14)21-17(23)16-8-6-7-13-19(16,3)20/h9-12,16H,4-8,13,20H2,1-3H3,(H,21,23). The molecule has 5 nitrogen and oxygen atoms in total. The van der Waals surface area contributed by atoms with Crippen LogP contribution in [-0.2, 0) is 4.79 Å². The molecule has 0 radical (unpaired) electrons. The van der Waals surface area contributed by atoms with E-state index in [1.54, 1.807) is 29.2 Å². The molecule has 2 atom stereocenters. The van der Waals surface area contributed by atoms with Crippen LogP contribution < -0.4 is 11.1 Å². The molecular weight excluding hydrogens is 302 g/mol. The highest BCUT2D eigenvalue weighted by Crippen LogP contribution is 2.32. The van der Waals surface area contributed by atoms with Gasteiger partial charge in [-0.05, 0) is 57.9 Å². The Morgan fingerprint density at radius 1 is 1.21 bits per heavy atom. The molecule has 1 fully saturated rings. The number of hydrogen-bond donors (Lipinski definition) is 2. The maximum absolute atomic E-state index is 12.5. The molecule has 1 aromatic rings. The van der Waals surface area contributed by atoms with Crippen molar-refractivity contribution in [1.82, 2.24) is 4.90 Å². The molecule has 1 aromatic carbocycles. The van der Waals surface area contributed by atoms with Crippen LogP contribution in [0.2, 0.25) is 0 Å². The van der Waals surface area contributed by atoms with Gasteiger partial charge in [0.25, 0.3) is 5.91 Å². The van der Waals surface area contributed by atoms with E-state index in [-0.39, 0.29) is 17.7 Å². The summed E-state index contributed by atoms with van der Waals surface area (Å²) in [6.07, 6.45) is 3.83. The van der Waals surface area contributed by atoms with E-state index in [1.165, 1.54) is 0 Å². The average molecular weight is 331 g/mol. The number of nitrogens with two attached hydrogens (primary N) is 1. The normalized spacial score (nSPS) is 23.6. The minimum atomic E-state index is -0.443. The fraction of sp³-hybridized carbons (Fsp3) is 0.579. The quantitative estimate of drug-likeness (QED) is 0.871. The van der Waals surface area contributed by atoms with Crippen molar-refractivity contribution in [3.05, 3.63) is 29.8 Å². The lowest BCUT2D eigenvalue weighted by molar-refractivity contribution is -0.122. The van der Waals surface area contributed by atoms with Crippen LogP contribution in [-0.4, -0.2) is 35.3 Å². The summed E-state index contributed by atoms with van der Waals surface area (Å²) in [5, 5.41) is 2.95.